The Morgan fingerprint density at radius 2 is 2.25 bits per heavy atom. The molecule has 0 heterocycles. The molecule has 12 heavy (non-hydrogen) atoms. The van der Waals surface area contributed by atoms with Crippen molar-refractivity contribution in [3.63, 3.8) is 0 Å². The molecule has 5 heteroatoms. The lowest BCUT2D eigenvalue weighted by Crippen LogP contribution is -1.76. The van der Waals surface area contributed by atoms with Crippen molar-refractivity contribution in [2.24, 2.45) is 4.99 Å². The number of rotatable bonds is 1. The quantitative estimate of drug-likeness (QED) is 0.541. The molecule has 0 fully saturated rings. The number of halogens is 2. The van der Waals surface area contributed by atoms with Crippen LogP contribution in [0.3, 0.4) is 0 Å². The van der Waals surface area contributed by atoms with Gasteiger partial charge in [0.1, 0.15) is 17.3 Å². The van der Waals surface area contributed by atoms with Crippen LogP contribution >= 0.6 is 11.6 Å². The van der Waals surface area contributed by atoms with Gasteiger partial charge in [-0.05, 0) is 6.07 Å². The fourth-order valence-corrected chi connectivity index (χ4v) is 0.822. The number of benzene rings is 1. The third kappa shape index (κ3) is 1.61. The molecule has 0 aromatic heterocycles. The van der Waals surface area contributed by atoms with E-state index in [1.54, 1.807) is 0 Å². The van der Waals surface area contributed by atoms with Gasteiger partial charge >= 0.3 is 0 Å². The van der Waals surface area contributed by atoms with Crippen LogP contribution in [-0.2, 0) is 4.79 Å². The summed E-state index contributed by atoms with van der Waals surface area (Å²) in [4.78, 5) is 12.9. The maximum atomic E-state index is 12.6. The topological polar surface area (TPSA) is 49.7 Å². The largest absolute Gasteiger partial charge is 0.506 e. The van der Waals surface area contributed by atoms with Crippen LogP contribution in [0.15, 0.2) is 17.1 Å². The van der Waals surface area contributed by atoms with E-state index in [0.717, 1.165) is 12.1 Å². The van der Waals surface area contributed by atoms with Gasteiger partial charge in [-0.1, -0.05) is 11.6 Å². The maximum Gasteiger partial charge on any atom is 0.240 e. The highest BCUT2D eigenvalue weighted by Gasteiger charge is 2.06. The Hall–Kier alpha value is -1.38. The van der Waals surface area contributed by atoms with E-state index in [-0.39, 0.29) is 10.7 Å². The van der Waals surface area contributed by atoms with Crippen molar-refractivity contribution in [2.45, 2.75) is 0 Å². The van der Waals surface area contributed by atoms with Crippen LogP contribution in [0.5, 0.6) is 5.75 Å². The molecule has 0 amide bonds. The molecule has 0 aliphatic rings. The van der Waals surface area contributed by atoms with Crippen molar-refractivity contribution < 1.29 is 14.3 Å². The Morgan fingerprint density at radius 1 is 1.58 bits per heavy atom. The predicted molar refractivity (Wildman–Crippen MR) is 40.9 cm³/mol. The first-order valence-corrected chi connectivity index (χ1v) is 3.29. The summed E-state index contributed by atoms with van der Waals surface area (Å²) in [7, 11) is 0. The van der Waals surface area contributed by atoms with Crippen LogP contribution in [0.1, 0.15) is 0 Å². The van der Waals surface area contributed by atoms with Gasteiger partial charge in [0.2, 0.25) is 6.08 Å². The Morgan fingerprint density at radius 3 is 2.83 bits per heavy atom. The number of nitrogens with zero attached hydrogens (tertiary/aromatic N) is 1. The van der Waals surface area contributed by atoms with E-state index in [1.165, 1.54) is 6.08 Å². The molecule has 0 atom stereocenters. The van der Waals surface area contributed by atoms with Gasteiger partial charge in [-0.25, -0.2) is 9.18 Å². The summed E-state index contributed by atoms with van der Waals surface area (Å²) in [5.41, 5.74) is -0.101. The Kier molecular flexibility index (Phi) is 2.43. The summed E-state index contributed by atoms with van der Waals surface area (Å²) in [5.74, 6) is -1.21. The molecule has 1 rings (SSSR count). The first kappa shape index (κ1) is 8.71. The summed E-state index contributed by atoms with van der Waals surface area (Å²) in [6.07, 6.45) is 1.21. The maximum absolute atomic E-state index is 12.6. The Bertz CT molecular complexity index is 361. The van der Waals surface area contributed by atoms with Crippen molar-refractivity contribution in [3.05, 3.63) is 23.0 Å². The Labute approximate surface area is 72.1 Å². The lowest BCUT2D eigenvalue weighted by molar-refractivity contribution is 0.470. The first-order chi connectivity index (χ1) is 5.65. The monoisotopic (exact) mass is 187 g/mol. The van der Waals surface area contributed by atoms with Gasteiger partial charge in [-0.2, -0.15) is 4.99 Å². The summed E-state index contributed by atoms with van der Waals surface area (Å²) in [6, 6.07) is 1.82. The molecule has 1 N–H and O–H groups in total. The van der Waals surface area contributed by atoms with E-state index in [0.29, 0.717) is 0 Å². The SMILES string of the molecule is O=C=Nc1cc(Cl)c(F)cc1O. The van der Waals surface area contributed by atoms with Gasteiger partial charge in [0.25, 0.3) is 0 Å². The molecule has 0 aliphatic heterocycles. The van der Waals surface area contributed by atoms with Crippen LogP contribution in [0, 0.1) is 5.82 Å². The van der Waals surface area contributed by atoms with Crippen LogP contribution in [0.2, 0.25) is 5.02 Å². The van der Waals surface area contributed by atoms with E-state index >= 15 is 0 Å². The van der Waals surface area contributed by atoms with Gasteiger partial charge < -0.3 is 5.11 Å². The van der Waals surface area contributed by atoms with Gasteiger partial charge in [0, 0.05) is 6.07 Å². The molecule has 0 aliphatic carbocycles. The summed E-state index contributed by atoms with van der Waals surface area (Å²) in [5, 5.41) is 8.77. The molecule has 1 aromatic rings. The highest BCUT2D eigenvalue weighted by molar-refractivity contribution is 6.31. The smallest absolute Gasteiger partial charge is 0.240 e. The van der Waals surface area contributed by atoms with E-state index in [4.69, 9.17) is 16.7 Å². The number of hydrogen-bond acceptors (Lipinski definition) is 3. The minimum atomic E-state index is -0.765. The first-order valence-electron chi connectivity index (χ1n) is 2.91. The molecular formula is C7H3ClFNO2. The summed E-state index contributed by atoms with van der Waals surface area (Å²) in [6.45, 7) is 0. The second-order valence-corrected chi connectivity index (χ2v) is 2.37. The zero-order valence-corrected chi connectivity index (χ0v) is 6.47. The average molecular weight is 188 g/mol. The van der Waals surface area contributed by atoms with E-state index in [9.17, 15) is 9.18 Å². The molecule has 62 valence electrons. The second kappa shape index (κ2) is 3.34. The van der Waals surface area contributed by atoms with Gasteiger partial charge in [0.15, 0.2) is 0 Å². The fraction of sp³-hybridized carbons (Fsp3) is 0. The van der Waals surface area contributed by atoms with E-state index < -0.39 is 11.6 Å². The zero-order valence-electron chi connectivity index (χ0n) is 5.71. The summed E-state index contributed by atoms with van der Waals surface area (Å²) >= 11 is 5.35. The number of hydrogen-bond donors (Lipinski definition) is 1. The average Bonchev–Trinajstić information content (AvgIpc) is 2.01. The van der Waals surface area contributed by atoms with E-state index in [2.05, 4.69) is 4.99 Å². The number of aromatic hydroxyl groups is 1. The third-order valence-corrected chi connectivity index (χ3v) is 1.47. The predicted octanol–water partition coefficient (Wildman–Crippen LogP) is 2.15. The molecule has 1 aromatic carbocycles. The molecule has 0 spiro atoms. The van der Waals surface area contributed by atoms with Crippen LogP contribution in [0.4, 0.5) is 10.1 Å². The Balaban J connectivity index is 3.32. The van der Waals surface area contributed by atoms with Crippen molar-refractivity contribution in [1.82, 2.24) is 0 Å². The normalized spacial score (nSPS) is 9.17. The molecular weight excluding hydrogens is 185 g/mol. The molecule has 0 unspecified atom stereocenters. The molecule has 3 nitrogen and oxygen atoms in total. The van der Waals surface area contributed by atoms with Gasteiger partial charge in [-0.3, -0.25) is 0 Å². The highest BCUT2D eigenvalue weighted by atomic mass is 35.5. The number of isocyanates is 1. The number of carbonyl (C=O) groups excluding carboxylic acids is 1. The molecule has 0 saturated carbocycles. The van der Waals surface area contributed by atoms with Crippen molar-refractivity contribution in [1.29, 1.82) is 0 Å². The second-order valence-electron chi connectivity index (χ2n) is 1.96. The van der Waals surface area contributed by atoms with Gasteiger partial charge in [-0.15, -0.1) is 0 Å². The van der Waals surface area contributed by atoms with Gasteiger partial charge in [0.05, 0.1) is 5.02 Å². The lowest BCUT2D eigenvalue weighted by atomic mass is 10.3. The van der Waals surface area contributed by atoms with Crippen molar-refractivity contribution in [3.8, 4) is 5.75 Å². The van der Waals surface area contributed by atoms with Crippen molar-refractivity contribution in [2.75, 3.05) is 0 Å². The number of aliphatic imine (C=N–C) groups is 1. The molecule has 0 bridgehead atoms. The zero-order chi connectivity index (χ0) is 9.14. The third-order valence-electron chi connectivity index (χ3n) is 1.18. The summed E-state index contributed by atoms with van der Waals surface area (Å²) < 4.78 is 12.6. The highest BCUT2D eigenvalue weighted by Crippen LogP contribution is 2.31. The number of phenolic OH excluding ortho intramolecular Hbond substituents is 1. The minimum absolute atomic E-state index is 0.101. The fourth-order valence-electron chi connectivity index (χ4n) is 0.665. The molecule has 0 saturated heterocycles. The standard InChI is InChI=1S/C7H3ClFNO2/c8-4-1-6(10-3-11)7(12)2-5(4)9/h1-2,12H. The van der Waals surface area contributed by atoms with Crippen LogP contribution in [0.25, 0.3) is 0 Å². The van der Waals surface area contributed by atoms with Crippen LogP contribution < -0.4 is 0 Å². The van der Waals surface area contributed by atoms with Crippen LogP contribution in [-0.4, -0.2) is 11.2 Å². The lowest BCUT2D eigenvalue weighted by Gasteiger charge is -1.97. The van der Waals surface area contributed by atoms with E-state index in [1.807, 2.05) is 0 Å². The minimum Gasteiger partial charge on any atom is -0.506 e. The molecule has 0 radical (unpaired) electrons. The number of phenols is 1. The van der Waals surface area contributed by atoms with Crippen molar-refractivity contribution >= 4 is 23.4 Å².